The molecule has 0 bridgehead atoms. The standard InChI is InChI=1S/C16H13N3OS.C6H13N.CH4O.H2O.H2/c1-11-2-4-13(5-3-11)15(20)19-16-18-14(10-21-16)12-6-8-17-9-7-12;1-2-4-6-7-5-3-1;1-2;;/h2-10H,1H3,(H,18,19,20);7H,1-6H2;2H,1H3;1H2;1H. The summed E-state index contributed by atoms with van der Waals surface area (Å²) in [5, 5.41) is 15.7. The zero-order valence-corrected chi connectivity index (χ0v) is 18.9. The van der Waals surface area contributed by atoms with Crippen LogP contribution in [0.2, 0.25) is 0 Å². The van der Waals surface area contributed by atoms with Gasteiger partial charge < -0.3 is 15.9 Å². The summed E-state index contributed by atoms with van der Waals surface area (Å²) in [6.07, 6.45) is 9.10. The molecule has 1 aliphatic rings. The molecule has 3 heterocycles. The maximum atomic E-state index is 12.1. The van der Waals surface area contributed by atoms with Gasteiger partial charge in [-0.15, -0.1) is 11.3 Å². The Balaban J connectivity index is 0.000000745. The highest BCUT2D eigenvalue weighted by Crippen LogP contribution is 2.24. The van der Waals surface area contributed by atoms with E-state index in [9.17, 15) is 4.79 Å². The van der Waals surface area contributed by atoms with Crippen molar-refractivity contribution < 1.29 is 16.8 Å². The van der Waals surface area contributed by atoms with E-state index in [0.29, 0.717) is 10.7 Å². The van der Waals surface area contributed by atoms with E-state index in [4.69, 9.17) is 5.11 Å². The number of aryl methyl sites for hydroxylation is 1. The maximum Gasteiger partial charge on any atom is 0.257 e. The van der Waals surface area contributed by atoms with Crippen LogP contribution in [0.15, 0.2) is 54.2 Å². The number of nitrogens with zero attached hydrogens (tertiary/aromatic N) is 2. The second-order valence-electron chi connectivity index (χ2n) is 6.76. The van der Waals surface area contributed by atoms with Crippen molar-refractivity contribution in [3.8, 4) is 11.3 Å². The molecule has 1 fully saturated rings. The van der Waals surface area contributed by atoms with Crippen molar-refractivity contribution in [2.45, 2.75) is 32.6 Å². The molecule has 2 aromatic heterocycles. The Hall–Kier alpha value is -2.65. The van der Waals surface area contributed by atoms with Crippen LogP contribution in [0, 0.1) is 6.92 Å². The molecule has 170 valence electrons. The lowest BCUT2D eigenvalue weighted by Crippen LogP contribution is -2.12. The second-order valence-corrected chi connectivity index (χ2v) is 7.62. The van der Waals surface area contributed by atoms with E-state index in [1.165, 1.54) is 50.1 Å². The Bertz CT molecular complexity index is 857. The van der Waals surface area contributed by atoms with Gasteiger partial charge in [0.05, 0.1) is 5.69 Å². The van der Waals surface area contributed by atoms with E-state index in [-0.39, 0.29) is 12.8 Å². The predicted octanol–water partition coefficient (Wildman–Crippen LogP) is 3.95. The third kappa shape index (κ3) is 9.35. The van der Waals surface area contributed by atoms with Crippen LogP contribution in [-0.4, -0.2) is 46.7 Å². The summed E-state index contributed by atoms with van der Waals surface area (Å²) in [6.45, 7) is 4.49. The third-order valence-corrected chi connectivity index (χ3v) is 5.23. The van der Waals surface area contributed by atoms with Crippen molar-refractivity contribution in [3.05, 3.63) is 65.3 Å². The summed E-state index contributed by atoms with van der Waals surface area (Å²) < 4.78 is 0. The van der Waals surface area contributed by atoms with Crippen LogP contribution >= 0.6 is 11.3 Å². The molecule has 0 spiro atoms. The Morgan fingerprint density at radius 3 is 2.26 bits per heavy atom. The van der Waals surface area contributed by atoms with E-state index in [2.05, 4.69) is 20.6 Å². The van der Waals surface area contributed by atoms with Crippen molar-refractivity contribution in [2.75, 3.05) is 25.5 Å². The molecule has 1 aromatic carbocycles. The monoisotopic (exact) mass is 446 g/mol. The number of nitrogens with one attached hydrogen (secondary N) is 2. The van der Waals surface area contributed by atoms with E-state index in [1.807, 2.05) is 48.7 Å². The van der Waals surface area contributed by atoms with E-state index in [1.54, 1.807) is 12.4 Å². The van der Waals surface area contributed by atoms with Crippen molar-refractivity contribution in [1.82, 2.24) is 15.3 Å². The first-order valence-corrected chi connectivity index (χ1v) is 11.0. The minimum absolute atomic E-state index is 0. The minimum Gasteiger partial charge on any atom is -0.412 e. The lowest BCUT2D eigenvalue weighted by molar-refractivity contribution is 0.102. The molecule has 0 aliphatic carbocycles. The summed E-state index contributed by atoms with van der Waals surface area (Å²) in [7, 11) is 1.00. The van der Waals surface area contributed by atoms with Crippen LogP contribution in [0.3, 0.4) is 0 Å². The molecule has 5 N–H and O–H groups in total. The largest absolute Gasteiger partial charge is 0.412 e. The summed E-state index contributed by atoms with van der Waals surface area (Å²) in [6, 6.07) is 11.2. The Kier molecular flexibility index (Phi) is 12.9. The van der Waals surface area contributed by atoms with Gasteiger partial charge in [-0.2, -0.15) is 0 Å². The highest BCUT2D eigenvalue weighted by molar-refractivity contribution is 7.14. The lowest BCUT2D eigenvalue weighted by atomic mass is 10.1. The number of carbonyl (C=O) groups excluding carboxylic acids is 1. The first kappa shape index (κ1) is 26.4. The average molecular weight is 447 g/mol. The smallest absolute Gasteiger partial charge is 0.257 e. The molecule has 8 heteroatoms. The van der Waals surface area contributed by atoms with E-state index in [0.717, 1.165) is 23.9 Å². The highest BCUT2D eigenvalue weighted by Gasteiger charge is 2.09. The molecule has 0 atom stereocenters. The van der Waals surface area contributed by atoms with Crippen LogP contribution in [0.5, 0.6) is 0 Å². The number of aromatic nitrogens is 2. The van der Waals surface area contributed by atoms with Gasteiger partial charge in [-0.05, 0) is 57.1 Å². The number of thiazole rings is 1. The van der Waals surface area contributed by atoms with Gasteiger partial charge in [-0.1, -0.05) is 30.5 Å². The fourth-order valence-electron chi connectivity index (χ4n) is 2.84. The average Bonchev–Trinajstić information content (AvgIpc) is 3.05. The molecule has 4 rings (SSSR count). The maximum absolute atomic E-state index is 12.1. The summed E-state index contributed by atoms with van der Waals surface area (Å²) in [4.78, 5) is 20.5. The van der Waals surface area contributed by atoms with Gasteiger partial charge in [0.2, 0.25) is 0 Å². The first-order chi connectivity index (χ1) is 14.7. The van der Waals surface area contributed by atoms with Gasteiger partial charge in [0, 0.05) is 37.4 Å². The molecule has 0 unspecified atom stereocenters. The molecular weight excluding hydrogens is 412 g/mol. The molecule has 1 saturated heterocycles. The van der Waals surface area contributed by atoms with E-state index < -0.39 is 0 Å². The second kappa shape index (κ2) is 15.2. The Labute approximate surface area is 189 Å². The molecular formula is C23H34N4O3S. The van der Waals surface area contributed by atoms with Crippen LogP contribution in [0.1, 0.15) is 43.0 Å². The molecule has 1 aliphatic heterocycles. The van der Waals surface area contributed by atoms with Crippen molar-refractivity contribution in [1.29, 1.82) is 0 Å². The minimum atomic E-state index is -0.148. The van der Waals surface area contributed by atoms with Gasteiger partial charge in [0.1, 0.15) is 0 Å². The number of carbonyl (C=O) groups is 1. The number of pyridine rings is 1. The van der Waals surface area contributed by atoms with E-state index >= 15 is 0 Å². The van der Waals surface area contributed by atoms with Crippen LogP contribution in [-0.2, 0) is 0 Å². The zero-order valence-electron chi connectivity index (χ0n) is 18.1. The van der Waals surface area contributed by atoms with Gasteiger partial charge in [-0.3, -0.25) is 15.1 Å². The Morgan fingerprint density at radius 1 is 1.03 bits per heavy atom. The topological polar surface area (TPSA) is 119 Å². The number of rotatable bonds is 3. The van der Waals surface area contributed by atoms with Crippen molar-refractivity contribution in [3.63, 3.8) is 0 Å². The number of amides is 1. The fraction of sp³-hybridized carbons (Fsp3) is 0.348. The summed E-state index contributed by atoms with van der Waals surface area (Å²) in [5.41, 5.74) is 3.57. The molecule has 0 radical (unpaired) electrons. The SMILES string of the molecule is C1CCCNCC1.CO.Cc1ccc(C(=O)Nc2nc(-c3ccncc3)cs2)cc1.O.[HH]. The van der Waals surface area contributed by atoms with Crippen LogP contribution in [0.4, 0.5) is 5.13 Å². The van der Waals surface area contributed by atoms with Gasteiger partial charge >= 0.3 is 0 Å². The fourth-order valence-corrected chi connectivity index (χ4v) is 3.55. The molecule has 7 nitrogen and oxygen atoms in total. The van der Waals surface area contributed by atoms with Crippen molar-refractivity contribution in [2.24, 2.45) is 0 Å². The first-order valence-electron chi connectivity index (χ1n) is 10.1. The summed E-state index contributed by atoms with van der Waals surface area (Å²) >= 11 is 1.41. The van der Waals surface area contributed by atoms with Crippen molar-refractivity contribution >= 4 is 22.4 Å². The number of benzene rings is 1. The number of hydrogen-bond acceptors (Lipinski definition) is 6. The number of aliphatic hydroxyl groups is 1. The Morgan fingerprint density at radius 2 is 1.65 bits per heavy atom. The number of hydrogen-bond donors (Lipinski definition) is 3. The molecule has 1 amide bonds. The van der Waals surface area contributed by atoms with Gasteiger partial charge in [-0.25, -0.2) is 4.98 Å². The normalized spacial score (nSPS) is 12.6. The highest BCUT2D eigenvalue weighted by atomic mass is 32.1. The molecule has 31 heavy (non-hydrogen) atoms. The predicted molar refractivity (Wildman–Crippen MR) is 130 cm³/mol. The molecule has 3 aromatic rings. The van der Waals surface area contributed by atoms with Crippen LogP contribution in [0.25, 0.3) is 11.3 Å². The van der Waals surface area contributed by atoms with Crippen LogP contribution < -0.4 is 10.6 Å². The molecule has 0 saturated carbocycles. The van der Waals surface area contributed by atoms with Gasteiger partial charge in [0.15, 0.2) is 5.13 Å². The number of aliphatic hydroxyl groups excluding tert-OH is 1. The quantitative estimate of drug-likeness (QED) is 0.563. The summed E-state index contributed by atoms with van der Waals surface area (Å²) in [5.74, 6) is -0.148. The third-order valence-electron chi connectivity index (χ3n) is 4.47. The zero-order chi connectivity index (χ0) is 21.6. The number of anilines is 1. The van der Waals surface area contributed by atoms with Gasteiger partial charge in [0.25, 0.3) is 5.91 Å². The lowest BCUT2D eigenvalue weighted by Gasteiger charge is -2.02.